The normalized spacial score (nSPS) is 12.8. The van der Waals surface area contributed by atoms with Crippen molar-refractivity contribution in [3.8, 4) is 0 Å². The smallest absolute Gasteiger partial charge is 0.222 e. The second-order valence-corrected chi connectivity index (χ2v) is 5.61. The summed E-state index contributed by atoms with van der Waals surface area (Å²) in [6.07, 6.45) is 1.25. The first kappa shape index (κ1) is 13.4. The summed E-state index contributed by atoms with van der Waals surface area (Å²) < 4.78 is 0. The Kier molecular flexibility index (Phi) is 4.13. The lowest BCUT2D eigenvalue weighted by atomic mass is 9.98. The largest absolute Gasteiger partial charge is 0.341 e. The number of nitrogens with zero attached hydrogens (tertiary/aromatic N) is 1. The molecule has 0 radical (unpaired) electrons. The minimum absolute atomic E-state index is 0.101. The molecule has 0 rings (SSSR count). The van der Waals surface area contributed by atoms with Crippen molar-refractivity contribution in [2.75, 3.05) is 7.05 Å². The molecule has 0 aromatic carbocycles. The number of rotatable bonds is 3. The predicted octanol–water partition coefficient (Wildman–Crippen LogP) is 1.76. The van der Waals surface area contributed by atoms with E-state index in [0.29, 0.717) is 6.42 Å². The van der Waals surface area contributed by atoms with Gasteiger partial charge in [-0.05, 0) is 41.0 Å². The van der Waals surface area contributed by atoms with Crippen LogP contribution in [0.3, 0.4) is 0 Å². The topological polar surface area (TPSA) is 46.3 Å². The fourth-order valence-electron chi connectivity index (χ4n) is 0.971. The van der Waals surface area contributed by atoms with Crippen molar-refractivity contribution in [1.29, 1.82) is 0 Å². The van der Waals surface area contributed by atoms with E-state index in [1.807, 2.05) is 41.7 Å². The van der Waals surface area contributed by atoms with Gasteiger partial charge in [0.05, 0.1) is 0 Å². The molecule has 3 heteroatoms. The lowest BCUT2D eigenvalue weighted by molar-refractivity contribution is -0.134. The molecule has 0 aliphatic carbocycles. The van der Waals surface area contributed by atoms with Crippen LogP contribution in [-0.2, 0) is 4.79 Å². The van der Waals surface area contributed by atoms with Gasteiger partial charge in [0.2, 0.25) is 5.91 Å². The van der Waals surface area contributed by atoms with Crippen LogP contribution in [0.5, 0.6) is 0 Å². The average molecular weight is 200 g/mol. The van der Waals surface area contributed by atoms with Crippen molar-refractivity contribution < 1.29 is 4.79 Å². The van der Waals surface area contributed by atoms with E-state index >= 15 is 0 Å². The van der Waals surface area contributed by atoms with Crippen LogP contribution >= 0.6 is 0 Å². The summed E-state index contributed by atoms with van der Waals surface area (Å²) in [6, 6.07) is 0. The van der Waals surface area contributed by atoms with Gasteiger partial charge in [0.15, 0.2) is 0 Å². The van der Waals surface area contributed by atoms with Crippen molar-refractivity contribution in [3.63, 3.8) is 0 Å². The van der Waals surface area contributed by atoms with Crippen molar-refractivity contribution in [2.45, 2.75) is 58.5 Å². The van der Waals surface area contributed by atoms with Gasteiger partial charge in [0, 0.05) is 24.5 Å². The fourth-order valence-corrected chi connectivity index (χ4v) is 0.971. The van der Waals surface area contributed by atoms with Gasteiger partial charge in [-0.15, -0.1) is 0 Å². The van der Waals surface area contributed by atoms with E-state index in [1.165, 1.54) is 0 Å². The Morgan fingerprint density at radius 1 is 1.21 bits per heavy atom. The predicted molar refractivity (Wildman–Crippen MR) is 60.0 cm³/mol. The Labute approximate surface area is 87.6 Å². The highest BCUT2D eigenvalue weighted by Gasteiger charge is 2.23. The molecule has 0 heterocycles. The maximum absolute atomic E-state index is 11.7. The standard InChI is InChI=1S/C11H24N2O/c1-10(2,3)13(6)9(14)7-8-11(4,5)12/h7-8,12H2,1-6H3. The van der Waals surface area contributed by atoms with Gasteiger partial charge >= 0.3 is 0 Å². The van der Waals surface area contributed by atoms with E-state index in [-0.39, 0.29) is 17.0 Å². The zero-order chi connectivity index (χ0) is 11.6. The molecule has 0 fully saturated rings. The molecular formula is C11H24N2O. The number of amides is 1. The summed E-state index contributed by atoms with van der Waals surface area (Å²) in [6.45, 7) is 9.96. The maximum atomic E-state index is 11.7. The Bertz CT molecular complexity index is 198. The molecule has 3 nitrogen and oxygen atoms in total. The summed E-state index contributed by atoms with van der Waals surface area (Å²) >= 11 is 0. The number of nitrogens with two attached hydrogens (primary N) is 1. The van der Waals surface area contributed by atoms with Crippen LogP contribution in [0.25, 0.3) is 0 Å². The van der Waals surface area contributed by atoms with E-state index < -0.39 is 0 Å². The second-order valence-electron chi connectivity index (χ2n) is 5.61. The molecule has 2 N–H and O–H groups in total. The zero-order valence-electron chi connectivity index (χ0n) is 10.3. The molecule has 0 saturated heterocycles. The SMILES string of the molecule is CN(C(=O)CCC(C)(C)N)C(C)(C)C. The van der Waals surface area contributed by atoms with Gasteiger partial charge in [0.25, 0.3) is 0 Å². The van der Waals surface area contributed by atoms with Gasteiger partial charge in [-0.3, -0.25) is 4.79 Å². The molecule has 0 atom stereocenters. The molecule has 0 aliphatic rings. The minimum Gasteiger partial charge on any atom is -0.341 e. The van der Waals surface area contributed by atoms with Gasteiger partial charge in [-0.2, -0.15) is 0 Å². The van der Waals surface area contributed by atoms with Crippen molar-refractivity contribution >= 4 is 5.91 Å². The average Bonchev–Trinajstić information content (AvgIpc) is 1.95. The summed E-state index contributed by atoms with van der Waals surface area (Å²) in [5.74, 6) is 0.163. The monoisotopic (exact) mass is 200 g/mol. The van der Waals surface area contributed by atoms with Crippen LogP contribution in [0.4, 0.5) is 0 Å². The Hall–Kier alpha value is -0.570. The van der Waals surface area contributed by atoms with E-state index in [9.17, 15) is 4.79 Å². The highest BCUT2D eigenvalue weighted by atomic mass is 16.2. The van der Waals surface area contributed by atoms with Crippen molar-refractivity contribution in [1.82, 2.24) is 4.90 Å². The summed E-state index contributed by atoms with van der Waals surface area (Å²) in [5.41, 5.74) is 5.47. The Morgan fingerprint density at radius 2 is 1.64 bits per heavy atom. The van der Waals surface area contributed by atoms with E-state index in [1.54, 1.807) is 4.90 Å². The van der Waals surface area contributed by atoms with Crippen LogP contribution < -0.4 is 5.73 Å². The summed E-state index contributed by atoms with van der Waals surface area (Å²) in [4.78, 5) is 13.5. The first-order chi connectivity index (χ1) is 6.04. The first-order valence-corrected chi connectivity index (χ1v) is 5.09. The molecule has 0 aliphatic heterocycles. The van der Waals surface area contributed by atoms with Crippen molar-refractivity contribution in [3.05, 3.63) is 0 Å². The van der Waals surface area contributed by atoms with Gasteiger partial charge in [0.1, 0.15) is 0 Å². The molecular weight excluding hydrogens is 176 g/mol. The van der Waals surface area contributed by atoms with Crippen molar-refractivity contribution in [2.24, 2.45) is 5.73 Å². The lowest BCUT2D eigenvalue weighted by Crippen LogP contribution is -2.43. The third-order valence-electron chi connectivity index (χ3n) is 2.36. The van der Waals surface area contributed by atoms with Gasteiger partial charge in [-0.1, -0.05) is 0 Å². The molecule has 1 amide bonds. The Balaban J connectivity index is 4.11. The number of carbonyl (C=O) groups excluding carboxylic acids is 1. The highest BCUT2D eigenvalue weighted by Crippen LogP contribution is 2.15. The Morgan fingerprint density at radius 3 is 1.93 bits per heavy atom. The molecule has 0 bridgehead atoms. The van der Waals surface area contributed by atoms with Crippen LogP contribution in [0.1, 0.15) is 47.5 Å². The van der Waals surface area contributed by atoms with E-state index in [2.05, 4.69) is 0 Å². The number of hydrogen-bond acceptors (Lipinski definition) is 2. The minimum atomic E-state index is -0.256. The molecule has 0 saturated carbocycles. The number of hydrogen-bond donors (Lipinski definition) is 1. The summed E-state index contributed by atoms with van der Waals surface area (Å²) in [7, 11) is 1.84. The quantitative estimate of drug-likeness (QED) is 0.754. The lowest BCUT2D eigenvalue weighted by Gasteiger charge is -2.32. The van der Waals surface area contributed by atoms with Crippen LogP contribution in [0.15, 0.2) is 0 Å². The second kappa shape index (κ2) is 4.30. The molecule has 84 valence electrons. The third-order valence-corrected chi connectivity index (χ3v) is 2.36. The molecule has 0 aromatic rings. The van der Waals surface area contributed by atoms with Crippen LogP contribution in [0.2, 0.25) is 0 Å². The molecule has 0 spiro atoms. The maximum Gasteiger partial charge on any atom is 0.222 e. The van der Waals surface area contributed by atoms with Crippen LogP contribution in [-0.4, -0.2) is 28.9 Å². The molecule has 14 heavy (non-hydrogen) atoms. The fraction of sp³-hybridized carbons (Fsp3) is 0.909. The number of carbonyl (C=O) groups is 1. The van der Waals surface area contributed by atoms with Crippen LogP contribution in [0, 0.1) is 0 Å². The highest BCUT2D eigenvalue weighted by molar-refractivity contribution is 5.76. The van der Waals surface area contributed by atoms with Gasteiger partial charge < -0.3 is 10.6 Å². The zero-order valence-corrected chi connectivity index (χ0v) is 10.3. The van der Waals surface area contributed by atoms with Gasteiger partial charge in [-0.25, -0.2) is 0 Å². The molecule has 0 unspecified atom stereocenters. The summed E-state index contributed by atoms with van der Waals surface area (Å²) in [5, 5.41) is 0. The van der Waals surface area contributed by atoms with E-state index in [4.69, 9.17) is 5.73 Å². The van der Waals surface area contributed by atoms with E-state index in [0.717, 1.165) is 6.42 Å². The molecule has 0 aromatic heterocycles. The third kappa shape index (κ3) is 5.22. The first-order valence-electron chi connectivity index (χ1n) is 5.09.